The van der Waals surface area contributed by atoms with E-state index in [0.717, 1.165) is 17.4 Å². The SMILES string of the molecule is COCCCNc1ccc(NC(=O)c2ccccc2Br)nn1. The predicted molar refractivity (Wildman–Crippen MR) is 89.1 cm³/mol. The van der Waals surface area contributed by atoms with Gasteiger partial charge in [-0.3, -0.25) is 4.79 Å². The predicted octanol–water partition coefficient (Wildman–Crippen LogP) is 2.94. The third-order valence-electron chi connectivity index (χ3n) is 2.86. The van der Waals surface area contributed by atoms with Gasteiger partial charge in [-0.1, -0.05) is 12.1 Å². The monoisotopic (exact) mass is 364 g/mol. The standard InChI is InChI=1S/C15H17BrN4O2/c1-22-10-4-9-17-13-7-8-14(20-19-13)18-15(21)11-5-2-3-6-12(11)16/h2-3,5-8H,4,9-10H2,1H3,(H,17,19)(H,18,20,21). The molecule has 22 heavy (non-hydrogen) atoms. The van der Waals surface area contributed by atoms with E-state index in [-0.39, 0.29) is 5.91 Å². The highest BCUT2D eigenvalue weighted by Crippen LogP contribution is 2.17. The average molecular weight is 365 g/mol. The Balaban J connectivity index is 1.91. The molecule has 0 aliphatic heterocycles. The van der Waals surface area contributed by atoms with Crippen LogP contribution in [0.4, 0.5) is 11.6 Å². The molecule has 0 unspecified atom stereocenters. The molecule has 1 heterocycles. The van der Waals surface area contributed by atoms with Gasteiger partial charge in [-0.25, -0.2) is 0 Å². The minimum atomic E-state index is -0.234. The number of aromatic nitrogens is 2. The van der Waals surface area contributed by atoms with Gasteiger partial charge >= 0.3 is 0 Å². The van der Waals surface area contributed by atoms with E-state index in [1.165, 1.54) is 0 Å². The minimum Gasteiger partial charge on any atom is -0.385 e. The van der Waals surface area contributed by atoms with Crippen molar-refractivity contribution in [2.75, 3.05) is 30.9 Å². The summed E-state index contributed by atoms with van der Waals surface area (Å²) in [4.78, 5) is 12.1. The number of nitrogens with zero attached hydrogens (tertiary/aromatic N) is 2. The van der Waals surface area contributed by atoms with Crippen LogP contribution in [0, 0.1) is 0 Å². The third kappa shape index (κ3) is 4.78. The summed E-state index contributed by atoms with van der Waals surface area (Å²) < 4.78 is 5.70. The second kappa shape index (κ2) is 8.45. The van der Waals surface area contributed by atoms with Gasteiger partial charge in [0.15, 0.2) is 5.82 Å². The molecule has 1 amide bonds. The highest BCUT2D eigenvalue weighted by atomic mass is 79.9. The molecular formula is C15H17BrN4O2. The summed E-state index contributed by atoms with van der Waals surface area (Å²) in [5, 5.41) is 13.8. The number of rotatable bonds is 7. The molecule has 2 N–H and O–H groups in total. The van der Waals surface area contributed by atoms with E-state index in [0.29, 0.717) is 23.8 Å². The van der Waals surface area contributed by atoms with E-state index >= 15 is 0 Å². The lowest BCUT2D eigenvalue weighted by atomic mass is 10.2. The van der Waals surface area contributed by atoms with E-state index < -0.39 is 0 Å². The Morgan fingerprint density at radius 2 is 1.91 bits per heavy atom. The van der Waals surface area contributed by atoms with Crippen LogP contribution in [-0.4, -0.2) is 36.4 Å². The number of amides is 1. The van der Waals surface area contributed by atoms with Gasteiger partial charge in [-0.15, -0.1) is 10.2 Å². The van der Waals surface area contributed by atoms with Crippen molar-refractivity contribution in [2.45, 2.75) is 6.42 Å². The van der Waals surface area contributed by atoms with Gasteiger partial charge in [-0.2, -0.15) is 0 Å². The molecule has 7 heteroatoms. The summed E-state index contributed by atoms with van der Waals surface area (Å²) in [6.07, 6.45) is 0.888. The molecule has 1 aromatic heterocycles. The maximum absolute atomic E-state index is 12.1. The van der Waals surface area contributed by atoms with Crippen molar-refractivity contribution in [3.8, 4) is 0 Å². The van der Waals surface area contributed by atoms with Crippen LogP contribution in [-0.2, 0) is 4.74 Å². The first kappa shape index (κ1) is 16.4. The summed E-state index contributed by atoms with van der Waals surface area (Å²) in [7, 11) is 1.67. The molecule has 0 aliphatic carbocycles. The van der Waals surface area contributed by atoms with Crippen molar-refractivity contribution >= 4 is 33.5 Å². The highest BCUT2D eigenvalue weighted by Gasteiger charge is 2.10. The molecule has 0 atom stereocenters. The Bertz CT molecular complexity index is 619. The Morgan fingerprint density at radius 1 is 1.18 bits per heavy atom. The lowest BCUT2D eigenvalue weighted by Gasteiger charge is -2.07. The van der Waals surface area contributed by atoms with Gasteiger partial charge in [0.25, 0.3) is 5.91 Å². The van der Waals surface area contributed by atoms with E-state index in [2.05, 4.69) is 36.8 Å². The smallest absolute Gasteiger partial charge is 0.258 e. The molecule has 0 spiro atoms. The molecule has 6 nitrogen and oxygen atoms in total. The second-order valence-electron chi connectivity index (χ2n) is 4.51. The number of hydrogen-bond donors (Lipinski definition) is 2. The van der Waals surface area contributed by atoms with Crippen LogP contribution < -0.4 is 10.6 Å². The Hall–Kier alpha value is -1.99. The van der Waals surface area contributed by atoms with Gasteiger partial charge in [0.1, 0.15) is 5.82 Å². The summed E-state index contributed by atoms with van der Waals surface area (Å²) >= 11 is 3.35. The van der Waals surface area contributed by atoms with Crippen molar-refractivity contribution in [3.05, 3.63) is 46.4 Å². The summed E-state index contributed by atoms with van der Waals surface area (Å²) in [6.45, 7) is 1.45. The average Bonchev–Trinajstić information content (AvgIpc) is 2.53. The van der Waals surface area contributed by atoms with Crippen LogP contribution in [0.25, 0.3) is 0 Å². The molecule has 0 radical (unpaired) electrons. The third-order valence-corrected chi connectivity index (χ3v) is 3.55. The lowest BCUT2D eigenvalue weighted by molar-refractivity contribution is 0.102. The number of benzene rings is 1. The quantitative estimate of drug-likeness (QED) is 0.738. The van der Waals surface area contributed by atoms with Crippen molar-refractivity contribution in [1.82, 2.24) is 10.2 Å². The highest BCUT2D eigenvalue weighted by molar-refractivity contribution is 9.10. The maximum Gasteiger partial charge on any atom is 0.258 e. The maximum atomic E-state index is 12.1. The van der Waals surface area contributed by atoms with Crippen LogP contribution in [0.2, 0.25) is 0 Å². The largest absolute Gasteiger partial charge is 0.385 e. The topological polar surface area (TPSA) is 76.1 Å². The first-order valence-corrected chi connectivity index (χ1v) is 7.62. The van der Waals surface area contributed by atoms with Crippen LogP contribution in [0.15, 0.2) is 40.9 Å². The Morgan fingerprint density at radius 3 is 2.59 bits per heavy atom. The van der Waals surface area contributed by atoms with Crippen molar-refractivity contribution < 1.29 is 9.53 Å². The number of hydrogen-bond acceptors (Lipinski definition) is 5. The second-order valence-corrected chi connectivity index (χ2v) is 5.37. The Labute approximate surface area is 137 Å². The van der Waals surface area contributed by atoms with Crippen molar-refractivity contribution in [1.29, 1.82) is 0 Å². The first-order chi connectivity index (χ1) is 10.7. The van der Waals surface area contributed by atoms with E-state index in [9.17, 15) is 4.79 Å². The van der Waals surface area contributed by atoms with E-state index in [4.69, 9.17) is 4.74 Å². The summed E-state index contributed by atoms with van der Waals surface area (Å²) in [5.41, 5.74) is 0.547. The van der Waals surface area contributed by atoms with Crippen molar-refractivity contribution in [2.24, 2.45) is 0 Å². The number of methoxy groups -OCH3 is 1. The Kier molecular flexibility index (Phi) is 6.29. The number of carbonyl (C=O) groups is 1. The molecule has 2 rings (SSSR count). The zero-order valence-electron chi connectivity index (χ0n) is 12.2. The zero-order valence-corrected chi connectivity index (χ0v) is 13.8. The molecule has 116 valence electrons. The van der Waals surface area contributed by atoms with Crippen LogP contribution in [0.1, 0.15) is 16.8 Å². The number of halogens is 1. The molecule has 0 aliphatic rings. The van der Waals surface area contributed by atoms with Gasteiger partial charge in [0, 0.05) is 24.7 Å². The van der Waals surface area contributed by atoms with Gasteiger partial charge in [0.05, 0.1) is 5.56 Å². The fourth-order valence-electron chi connectivity index (χ4n) is 1.76. The van der Waals surface area contributed by atoms with Gasteiger partial charge in [-0.05, 0) is 46.6 Å². The molecule has 0 saturated carbocycles. The van der Waals surface area contributed by atoms with Crippen LogP contribution in [0.3, 0.4) is 0 Å². The normalized spacial score (nSPS) is 10.3. The fourth-order valence-corrected chi connectivity index (χ4v) is 2.22. The zero-order chi connectivity index (χ0) is 15.8. The fraction of sp³-hybridized carbons (Fsp3) is 0.267. The van der Waals surface area contributed by atoms with Crippen molar-refractivity contribution in [3.63, 3.8) is 0 Å². The molecule has 1 aromatic carbocycles. The van der Waals surface area contributed by atoms with E-state index in [1.807, 2.05) is 12.1 Å². The molecule has 0 fully saturated rings. The number of carbonyl (C=O) groups excluding carboxylic acids is 1. The van der Waals surface area contributed by atoms with E-state index in [1.54, 1.807) is 31.4 Å². The number of anilines is 2. The minimum absolute atomic E-state index is 0.234. The molecule has 2 aromatic rings. The number of ether oxygens (including phenoxy) is 1. The molecule has 0 saturated heterocycles. The molecular weight excluding hydrogens is 348 g/mol. The van der Waals surface area contributed by atoms with Crippen LogP contribution >= 0.6 is 15.9 Å². The van der Waals surface area contributed by atoms with Crippen LogP contribution in [0.5, 0.6) is 0 Å². The lowest BCUT2D eigenvalue weighted by Crippen LogP contribution is -2.14. The van der Waals surface area contributed by atoms with Gasteiger partial charge < -0.3 is 15.4 Å². The number of nitrogens with one attached hydrogen (secondary N) is 2. The first-order valence-electron chi connectivity index (χ1n) is 6.83. The molecule has 0 bridgehead atoms. The summed E-state index contributed by atoms with van der Waals surface area (Å²) in [6, 6.07) is 10.7. The summed E-state index contributed by atoms with van der Waals surface area (Å²) in [5.74, 6) is 0.834. The van der Waals surface area contributed by atoms with Gasteiger partial charge in [0.2, 0.25) is 0 Å².